The normalized spacial score (nSPS) is 14.6. The molecule has 4 unspecified atom stereocenters. The van der Waals surface area contributed by atoms with Crippen molar-refractivity contribution in [2.45, 2.75) is 43.9 Å². The van der Waals surface area contributed by atoms with E-state index in [1.807, 2.05) is 0 Å². The van der Waals surface area contributed by atoms with Crippen LogP contribution in [0.5, 0.6) is 0 Å². The number of hydrogen-bond donors (Lipinski definition) is 8. The molecule has 0 spiro atoms. The van der Waals surface area contributed by atoms with E-state index in [2.05, 4.69) is 48.5 Å². The molecule has 13 nitrogen and oxygen atoms in total. The largest absolute Gasteiger partial charge is 0.480 e. The molecule has 0 aromatic carbocycles. The second-order valence-electron chi connectivity index (χ2n) is 7.05. The van der Waals surface area contributed by atoms with Crippen molar-refractivity contribution in [2.24, 2.45) is 5.73 Å². The maximum absolute atomic E-state index is 12.9. The van der Waals surface area contributed by atoms with Gasteiger partial charge in [0.05, 0.1) is 18.7 Å². The summed E-state index contributed by atoms with van der Waals surface area (Å²) in [7, 11) is 0. The molecule has 0 aliphatic carbocycles. The average Bonchev–Trinajstić information content (AvgIpc) is 3.44. The smallest absolute Gasteiger partial charge is 0.326 e. The molecule has 2 heterocycles. The lowest BCUT2D eigenvalue weighted by Crippen LogP contribution is -2.58. The molecule has 174 valence electrons. The summed E-state index contributed by atoms with van der Waals surface area (Å²) in [6, 6.07) is -4.30. The summed E-state index contributed by atoms with van der Waals surface area (Å²) < 4.78 is 0. The van der Waals surface area contributed by atoms with Gasteiger partial charge < -0.3 is 36.8 Å². The van der Waals surface area contributed by atoms with Crippen LogP contribution in [-0.4, -0.2) is 78.7 Å². The van der Waals surface area contributed by atoms with E-state index in [1.54, 1.807) is 0 Å². The van der Waals surface area contributed by atoms with Crippen LogP contribution in [0.2, 0.25) is 0 Å². The van der Waals surface area contributed by atoms with Crippen LogP contribution in [0.1, 0.15) is 18.3 Å². The lowest BCUT2D eigenvalue weighted by atomic mass is 10.1. The Bertz CT molecular complexity index is 903. The lowest BCUT2D eigenvalue weighted by molar-refractivity contribution is -0.142. The summed E-state index contributed by atoms with van der Waals surface area (Å²) in [6.07, 6.45) is 5.70. The Morgan fingerprint density at radius 3 is 1.84 bits per heavy atom. The highest BCUT2D eigenvalue weighted by Crippen LogP contribution is 2.04. The topological polar surface area (TPSA) is 208 Å². The molecule has 2 aromatic heterocycles. The van der Waals surface area contributed by atoms with E-state index in [0.717, 1.165) is 0 Å². The minimum Gasteiger partial charge on any atom is -0.480 e. The van der Waals surface area contributed by atoms with Crippen LogP contribution in [0.4, 0.5) is 0 Å². The minimum atomic E-state index is -1.26. The summed E-state index contributed by atoms with van der Waals surface area (Å²) in [5.74, 6) is -3.25. The SMILES string of the molecule is CC(N)C(=O)NC(CS)C(=O)NC(Cc1cnc[nH]1)C(=O)NC(Cc1cnc[nH]1)C(=O)O. The monoisotopic (exact) mass is 466 g/mol. The van der Waals surface area contributed by atoms with Crippen molar-refractivity contribution < 1.29 is 24.3 Å². The fourth-order valence-corrected chi connectivity index (χ4v) is 2.94. The van der Waals surface area contributed by atoms with Crippen molar-refractivity contribution in [2.75, 3.05) is 5.75 Å². The van der Waals surface area contributed by atoms with Gasteiger partial charge in [0.2, 0.25) is 17.7 Å². The van der Waals surface area contributed by atoms with Crippen LogP contribution < -0.4 is 21.7 Å². The van der Waals surface area contributed by atoms with Crippen molar-refractivity contribution in [3.63, 3.8) is 0 Å². The Kier molecular flexibility index (Phi) is 9.22. The van der Waals surface area contributed by atoms with Gasteiger partial charge in [0.25, 0.3) is 0 Å². The molecule has 32 heavy (non-hydrogen) atoms. The fourth-order valence-electron chi connectivity index (χ4n) is 2.68. The summed E-state index contributed by atoms with van der Waals surface area (Å²) in [5, 5.41) is 16.9. The molecule has 14 heteroatoms. The van der Waals surface area contributed by atoms with Crippen LogP contribution >= 0.6 is 12.6 Å². The second kappa shape index (κ2) is 11.9. The molecule has 8 N–H and O–H groups in total. The minimum absolute atomic E-state index is 0.00843. The number of nitrogens with zero attached hydrogens (tertiary/aromatic N) is 2. The van der Waals surface area contributed by atoms with E-state index in [9.17, 15) is 24.3 Å². The number of hydrogen-bond acceptors (Lipinski definition) is 8. The lowest BCUT2D eigenvalue weighted by Gasteiger charge is -2.24. The Morgan fingerprint density at radius 2 is 1.41 bits per heavy atom. The number of thiol groups is 1. The van der Waals surface area contributed by atoms with E-state index in [0.29, 0.717) is 11.4 Å². The number of carbonyl (C=O) groups excluding carboxylic acids is 3. The highest BCUT2D eigenvalue weighted by molar-refractivity contribution is 7.80. The number of carboxylic acids is 1. The Balaban J connectivity index is 2.14. The first-order valence-electron chi connectivity index (χ1n) is 9.66. The van der Waals surface area contributed by atoms with Crippen molar-refractivity contribution >= 4 is 36.3 Å². The zero-order chi connectivity index (χ0) is 23.7. The van der Waals surface area contributed by atoms with Gasteiger partial charge in [-0.1, -0.05) is 0 Å². The molecule has 0 saturated heterocycles. The predicted molar refractivity (Wildman–Crippen MR) is 116 cm³/mol. The standard InChI is InChI=1S/C18H26N8O5S/c1-9(19)15(27)26-14(6-32)17(29)24-12(2-10-4-20-7-22-10)16(28)25-13(18(30)31)3-11-5-21-8-23-11/h4-5,7-9,12-14,32H,2-3,6,19H2,1H3,(H,20,22)(H,21,23)(H,24,29)(H,25,28)(H,26,27)(H,30,31). The van der Waals surface area contributed by atoms with Gasteiger partial charge in [-0.05, 0) is 6.92 Å². The van der Waals surface area contributed by atoms with Gasteiger partial charge in [0.15, 0.2) is 0 Å². The van der Waals surface area contributed by atoms with Gasteiger partial charge in [0.1, 0.15) is 18.1 Å². The van der Waals surface area contributed by atoms with Gasteiger partial charge in [-0.15, -0.1) is 0 Å². The summed E-state index contributed by atoms with van der Waals surface area (Å²) >= 11 is 4.07. The molecule has 3 amide bonds. The number of nitrogens with one attached hydrogen (secondary N) is 5. The molecule has 0 radical (unpaired) electrons. The number of H-pyrrole nitrogens is 2. The summed E-state index contributed by atoms with van der Waals surface area (Å²) in [4.78, 5) is 62.4. The maximum atomic E-state index is 12.9. The third kappa shape index (κ3) is 7.39. The molecular formula is C18H26N8O5S. The van der Waals surface area contributed by atoms with Gasteiger partial charge >= 0.3 is 5.97 Å². The molecule has 2 aromatic rings. The third-order valence-corrected chi connectivity index (χ3v) is 4.80. The average molecular weight is 467 g/mol. The van der Waals surface area contributed by atoms with Crippen LogP contribution in [0.3, 0.4) is 0 Å². The van der Waals surface area contributed by atoms with Crippen LogP contribution in [-0.2, 0) is 32.0 Å². The zero-order valence-corrected chi connectivity index (χ0v) is 18.1. The van der Waals surface area contributed by atoms with Gasteiger partial charge in [-0.2, -0.15) is 12.6 Å². The molecule has 0 fully saturated rings. The van der Waals surface area contributed by atoms with E-state index in [1.165, 1.54) is 32.0 Å². The molecule has 4 atom stereocenters. The van der Waals surface area contributed by atoms with E-state index < -0.39 is 47.9 Å². The third-order valence-electron chi connectivity index (χ3n) is 4.43. The number of nitrogens with two attached hydrogens (primary N) is 1. The molecule has 0 aliphatic rings. The Labute approximate surface area is 188 Å². The van der Waals surface area contributed by atoms with E-state index in [4.69, 9.17) is 5.73 Å². The maximum Gasteiger partial charge on any atom is 0.326 e. The fraction of sp³-hybridized carbons (Fsp3) is 0.444. The first-order chi connectivity index (χ1) is 15.2. The first kappa shape index (κ1) is 24.9. The number of rotatable bonds is 12. The molecule has 0 bridgehead atoms. The molecular weight excluding hydrogens is 440 g/mol. The van der Waals surface area contributed by atoms with E-state index in [-0.39, 0.29) is 18.6 Å². The van der Waals surface area contributed by atoms with Gasteiger partial charge in [-0.3, -0.25) is 14.4 Å². The van der Waals surface area contributed by atoms with Crippen molar-refractivity contribution in [1.29, 1.82) is 0 Å². The van der Waals surface area contributed by atoms with Gasteiger partial charge in [0, 0.05) is 42.4 Å². The highest BCUT2D eigenvalue weighted by Gasteiger charge is 2.30. The molecule has 2 rings (SSSR count). The van der Waals surface area contributed by atoms with Crippen LogP contribution in [0.15, 0.2) is 25.0 Å². The summed E-state index contributed by atoms with van der Waals surface area (Å²) in [6.45, 7) is 1.46. The van der Waals surface area contributed by atoms with E-state index >= 15 is 0 Å². The molecule has 0 saturated carbocycles. The van der Waals surface area contributed by atoms with Crippen molar-refractivity contribution in [1.82, 2.24) is 35.9 Å². The number of carbonyl (C=O) groups is 4. The second-order valence-corrected chi connectivity index (χ2v) is 7.42. The van der Waals surface area contributed by atoms with Crippen molar-refractivity contribution in [3.05, 3.63) is 36.4 Å². The highest BCUT2D eigenvalue weighted by atomic mass is 32.1. The van der Waals surface area contributed by atoms with Crippen molar-refractivity contribution in [3.8, 4) is 0 Å². The number of carboxylic acid groups (broad SMARTS) is 1. The van der Waals surface area contributed by atoms with Crippen LogP contribution in [0.25, 0.3) is 0 Å². The number of imidazole rings is 2. The number of aromatic amines is 2. The number of amides is 3. The van der Waals surface area contributed by atoms with Crippen LogP contribution in [0, 0.1) is 0 Å². The predicted octanol–water partition coefficient (Wildman–Crippen LogP) is -2.27. The number of aromatic nitrogens is 4. The summed E-state index contributed by atoms with van der Waals surface area (Å²) in [5.41, 5.74) is 6.56. The first-order valence-corrected chi connectivity index (χ1v) is 10.3. The molecule has 0 aliphatic heterocycles. The quantitative estimate of drug-likeness (QED) is 0.160. The van der Waals surface area contributed by atoms with Gasteiger partial charge in [-0.25, -0.2) is 14.8 Å². The Hall–Kier alpha value is -3.39. The number of aliphatic carboxylic acids is 1. The zero-order valence-electron chi connectivity index (χ0n) is 17.2. The Morgan fingerprint density at radius 1 is 0.938 bits per heavy atom.